The van der Waals surface area contributed by atoms with Gasteiger partial charge in [0.05, 0.1) is 5.56 Å². The van der Waals surface area contributed by atoms with Crippen LogP contribution >= 0.6 is 0 Å². The van der Waals surface area contributed by atoms with E-state index in [0.29, 0.717) is 0 Å². The molecule has 0 bridgehead atoms. The van der Waals surface area contributed by atoms with E-state index < -0.39 is 5.97 Å². The zero-order valence-corrected chi connectivity index (χ0v) is 14.4. The summed E-state index contributed by atoms with van der Waals surface area (Å²) in [6.07, 6.45) is 0.807. The van der Waals surface area contributed by atoms with Crippen LogP contribution in [0.15, 0.2) is 72.8 Å². The quantitative estimate of drug-likeness (QED) is 0.442. The minimum Gasteiger partial charge on any atom is -0.507 e. The van der Waals surface area contributed by atoms with Gasteiger partial charge in [-0.2, -0.15) is 0 Å². The third kappa shape index (κ3) is 2.32. The van der Waals surface area contributed by atoms with Crippen LogP contribution in [0.25, 0.3) is 33.0 Å². The van der Waals surface area contributed by atoms with Crippen molar-refractivity contribution in [1.82, 2.24) is 0 Å². The maximum Gasteiger partial charge on any atom is 0.335 e. The van der Waals surface area contributed by atoms with Crippen LogP contribution in [0.5, 0.6) is 5.75 Å². The Labute approximate surface area is 156 Å². The summed E-state index contributed by atoms with van der Waals surface area (Å²) in [4.78, 5) is 11.2. The molecule has 4 aromatic carbocycles. The number of phenols is 1. The summed E-state index contributed by atoms with van der Waals surface area (Å²) < 4.78 is 0. The highest BCUT2D eigenvalue weighted by Crippen LogP contribution is 2.47. The molecular weight excluding hydrogens is 336 g/mol. The third-order valence-electron chi connectivity index (χ3n) is 5.33. The molecule has 0 saturated carbocycles. The molecule has 130 valence electrons. The first-order chi connectivity index (χ1) is 13.1. The lowest BCUT2D eigenvalue weighted by atomic mass is 9.90. The smallest absolute Gasteiger partial charge is 0.335 e. The van der Waals surface area contributed by atoms with Gasteiger partial charge in [0.2, 0.25) is 0 Å². The standard InChI is InChI=1S/C24H16O3/c25-21-13-17-12-16-4-1-2-5-19(16)22(17)23-18(6-3-7-20(21)23)14-8-10-15(11-9-14)24(26)27/h1-11,13,25H,12H2,(H,26,27). The first kappa shape index (κ1) is 15.6. The lowest BCUT2D eigenvalue weighted by Gasteiger charge is -2.14. The Morgan fingerprint density at radius 3 is 2.33 bits per heavy atom. The Balaban J connectivity index is 1.84. The number of aromatic carboxylic acids is 1. The van der Waals surface area contributed by atoms with Gasteiger partial charge in [0, 0.05) is 10.8 Å². The second kappa shape index (κ2) is 5.71. The van der Waals surface area contributed by atoms with Crippen LogP contribution in [-0.2, 0) is 6.42 Å². The first-order valence-electron chi connectivity index (χ1n) is 8.83. The molecule has 0 unspecified atom stereocenters. The lowest BCUT2D eigenvalue weighted by molar-refractivity contribution is 0.0697. The summed E-state index contributed by atoms with van der Waals surface area (Å²) in [6, 6.07) is 23.0. The monoisotopic (exact) mass is 352 g/mol. The van der Waals surface area contributed by atoms with Gasteiger partial charge in [0.15, 0.2) is 0 Å². The Morgan fingerprint density at radius 2 is 1.56 bits per heavy atom. The van der Waals surface area contributed by atoms with Crippen LogP contribution in [0.4, 0.5) is 0 Å². The molecule has 0 aromatic heterocycles. The highest BCUT2D eigenvalue weighted by molar-refractivity contribution is 6.11. The first-order valence-corrected chi connectivity index (χ1v) is 8.83. The molecule has 1 aliphatic rings. The number of phenolic OH excluding ortho intramolecular Hbond substituents is 1. The predicted molar refractivity (Wildman–Crippen MR) is 106 cm³/mol. The third-order valence-corrected chi connectivity index (χ3v) is 5.33. The Kier molecular flexibility index (Phi) is 3.31. The van der Waals surface area contributed by atoms with E-state index >= 15 is 0 Å². The van der Waals surface area contributed by atoms with Crippen molar-refractivity contribution >= 4 is 16.7 Å². The molecule has 0 fully saturated rings. The van der Waals surface area contributed by atoms with Gasteiger partial charge in [0.25, 0.3) is 0 Å². The number of carbonyl (C=O) groups is 1. The number of benzene rings is 4. The summed E-state index contributed by atoms with van der Waals surface area (Å²) in [5, 5.41) is 21.6. The molecule has 5 rings (SSSR count). The molecule has 0 spiro atoms. The number of aromatic hydroxyl groups is 1. The van der Waals surface area contributed by atoms with Gasteiger partial charge in [-0.05, 0) is 58.0 Å². The van der Waals surface area contributed by atoms with Crippen molar-refractivity contribution in [3.8, 4) is 28.0 Å². The molecule has 27 heavy (non-hydrogen) atoms. The van der Waals surface area contributed by atoms with E-state index in [9.17, 15) is 9.90 Å². The van der Waals surface area contributed by atoms with Crippen LogP contribution in [0.2, 0.25) is 0 Å². The molecule has 0 aliphatic heterocycles. The molecule has 0 saturated heterocycles. The van der Waals surface area contributed by atoms with Gasteiger partial charge in [-0.15, -0.1) is 0 Å². The molecular formula is C24H16O3. The topological polar surface area (TPSA) is 57.5 Å². The molecule has 0 amide bonds. The predicted octanol–water partition coefficient (Wildman–Crippen LogP) is 5.48. The maximum absolute atomic E-state index is 11.2. The van der Waals surface area contributed by atoms with Crippen LogP contribution in [0.1, 0.15) is 21.5 Å². The summed E-state index contributed by atoms with van der Waals surface area (Å²) in [5.41, 5.74) is 6.93. The second-order valence-corrected chi connectivity index (χ2v) is 6.87. The van der Waals surface area contributed by atoms with Crippen molar-refractivity contribution in [3.05, 3.63) is 89.5 Å². The zero-order chi connectivity index (χ0) is 18.5. The fraction of sp³-hybridized carbons (Fsp3) is 0.0417. The fourth-order valence-electron chi connectivity index (χ4n) is 4.11. The Hall–Kier alpha value is -3.59. The number of hydrogen-bond donors (Lipinski definition) is 2. The van der Waals surface area contributed by atoms with E-state index in [1.165, 1.54) is 11.1 Å². The minimum atomic E-state index is -0.938. The lowest BCUT2D eigenvalue weighted by Crippen LogP contribution is -1.95. The van der Waals surface area contributed by atoms with E-state index in [-0.39, 0.29) is 11.3 Å². The van der Waals surface area contributed by atoms with Crippen molar-refractivity contribution in [1.29, 1.82) is 0 Å². The van der Waals surface area contributed by atoms with Crippen molar-refractivity contribution in [2.24, 2.45) is 0 Å². The molecule has 0 heterocycles. The average molecular weight is 352 g/mol. The highest BCUT2D eigenvalue weighted by Gasteiger charge is 2.24. The number of carboxylic acids is 1. The average Bonchev–Trinajstić information content (AvgIpc) is 3.06. The highest BCUT2D eigenvalue weighted by atomic mass is 16.4. The number of hydrogen-bond acceptors (Lipinski definition) is 2. The largest absolute Gasteiger partial charge is 0.507 e. The maximum atomic E-state index is 11.2. The van der Waals surface area contributed by atoms with E-state index in [2.05, 4.69) is 12.1 Å². The van der Waals surface area contributed by atoms with Crippen LogP contribution in [0.3, 0.4) is 0 Å². The van der Waals surface area contributed by atoms with Crippen molar-refractivity contribution < 1.29 is 15.0 Å². The summed E-state index contributed by atoms with van der Waals surface area (Å²) in [5.74, 6) is -0.660. The zero-order valence-electron chi connectivity index (χ0n) is 14.4. The van der Waals surface area contributed by atoms with Gasteiger partial charge in [-0.25, -0.2) is 4.79 Å². The fourth-order valence-corrected chi connectivity index (χ4v) is 4.11. The van der Waals surface area contributed by atoms with Crippen LogP contribution in [-0.4, -0.2) is 16.2 Å². The van der Waals surface area contributed by atoms with Crippen LogP contribution < -0.4 is 0 Å². The van der Waals surface area contributed by atoms with E-state index in [0.717, 1.165) is 39.4 Å². The number of rotatable bonds is 2. The van der Waals surface area contributed by atoms with Crippen LogP contribution in [0, 0.1) is 0 Å². The van der Waals surface area contributed by atoms with E-state index in [4.69, 9.17) is 5.11 Å². The normalized spacial score (nSPS) is 12.0. The minimum absolute atomic E-state index is 0.261. The van der Waals surface area contributed by atoms with E-state index in [1.807, 2.05) is 48.5 Å². The van der Waals surface area contributed by atoms with Gasteiger partial charge >= 0.3 is 5.97 Å². The Morgan fingerprint density at radius 1 is 0.815 bits per heavy atom. The molecule has 3 heteroatoms. The van der Waals surface area contributed by atoms with Gasteiger partial charge in [-0.1, -0.05) is 54.6 Å². The number of carboxylic acid groups (broad SMARTS) is 1. The summed E-state index contributed by atoms with van der Waals surface area (Å²) in [7, 11) is 0. The molecule has 2 N–H and O–H groups in total. The molecule has 3 nitrogen and oxygen atoms in total. The van der Waals surface area contributed by atoms with Crippen molar-refractivity contribution in [2.75, 3.05) is 0 Å². The number of fused-ring (bicyclic) bond motifs is 5. The van der Waals surface area contributed by atoms with Crippen molar-refractivity contribution in [3.63, 3.8) is 0 Å². The Bertz CT molecular complexity index is 1220. The van der Waals surface area contributed by atoms with Crippen molar-refractivity contribution in [2.45, 2.75) is 6.42 Å². The van der Waals surface area contributed by atoms with Gasteiger partial charge < -0.3 is 10.2 Å². The summed E-state index contributed by atoms with van der Waals surface area (Å²) >= 11 is 0. The molecule has 0 atom stereocenters. The van der Waals surface area contributed by atoms with E-state index in [1.54, 1.807) is 12.1 Å². The SMILES string of the molecule is O=C(O)c1ccc(-c2cccc3c(O)cc4c(c23)-c2ccccc2C4)cc1. The molecule has 0 radical (unpaired) electrons. The summed E-state index contributed by atoms with van der Waals surface area (Å²) in [6.45, 7) is 0. The second-order valence-electron chi connectivity index (χ2n) is 6.87. The van der Waals surface area contributed by atoms with Gasteiger partial charge in [-0.3, -0.25) is 0 Å². The molecule has 4 aromatic rings. The van der Waals surface area contributed by atoms with Gasteiger partial charge in [0.1, 0.15) is 5.75 Å². The molecule has 1 aliphatic carbocycles.